The molecule has 0 radical (unpaired) electrons. The maximum Gasteiger partial charge on any atom is 0.349 e. The lowest BCUT2D eigenvalue weighted by molar-refractivity contribution is -0.115. The van der Waals surface area contributed by atoms with Gasteiger partial charge in [0.2, 0.25) is 0 Å². The van der Waals surface area contributed by atoms with Crippen LogP contribution in [-0.2, 0) is 4.79 Å². The standard InChI is InChI=1S/C20H14INO5/c1-26-15-7-2-12(3-8-15)4-9-18(23)22-19(24)16-10-13-5-6-14(21)11-17(13)27-20(16)25/h2-11H,1H3,(H,22,23,24)/b9-4-. The molecule has 0 spiro atoms. The van der Waals surface area contributed by atoms with E-state index in [9.17, 15) is 14.4 Å². The number of amides is 2. The Kier molecular flexibility index (Phi) is 5.70. The van der Waals surface area contributed by atoms with Crippen molar-refractivity contribution >= 4 is 51.5 Å². The first-order valence-corrected chi connectivity index (χ1v) is 8.95. The first-order valence-electron chi connectivity index (χ1n) is 7.87. The molecule has 7 heteroatoms. The molecule has 0 bridgehead atoms. The van der Waals surface area contributed by atoms with Crippen molar-refractivity contribution in [1.82, 2.24) is 5.32 Å². The van der Waals surface area contributed by atoms with Crippen molar-refractivity contribution in [2.45, 2.75) is 0 Å². The van der Waals surface area contributed by atoms with E-state index in [-0.39, 0.29) is 5.56 Å². The minimum Gasteiger partial charge on any atom is -0.497 e. The largest absolute Gasteiger partial charge is 0.497 e. The van der Waals surface area contributed by atoms with E-state index in [1.54, 1.807) is 49.6 Å². The number of carbonyl (C=O) groups is 2. The summed E-state index contributed by atoms with van der Waals surface area (Å²) in [6.45, 7) is 0. The molecular weight excluding hydrogens is 461 g/mol. The zero-order valence-corrected chi connectivity index (χ0v) is 16.4. The number of ether oxygens (including phenoxy) is 1. The number of hydrogen-bond donors (Lipinski definition) is 1. The Balaban J connectivity index is 1.74. The first kappa shape index (κ1) is 18.8. The van der Waals surface area contributed by atoms with Crippen molar-refractivity contribution in [2.24, 2.45) is 0 Å². The zero-order valence-electron chi connectivity index (χ0n) is 14.2. The topological polar surface area (TPSA) is 85.6 Å². The summed E-state index contributed by atoms with van der Waals surface area (Å²) in [5, 5.41) is 2.75. The first-order chi connectivity index (χ1) is 13.0. The lowest BCUT2D eigenvalue weighted by Gasteiger charge is -2.03. The Hall–Kier alpha value is -2.94. The molecule has 27 heavy (non-hydrogen) atoms. The number of methoxy groups -OCH3 is 1. The number of imide groups is 1. The van der Waals surface area contributed by atoms with Gasteiger partial charge in [-0.05, 0) is 64.6 Å². The van der Waals surface area contributed by atoms with Crippen LogP contribution in [0.3, 0.4) is 0 Å². The van der Waals surface area contributed by atoms with Crippen LogP contribution in [0.1, 0.15) is 15.9 Å². The van der Waals surface area contributed by atoms with Crippen molar-refractivity contribution in [3.8, 4) is 5.75 Å². The number of nitrogens with one attached hydrogen (secondary N) is 1. The van der Waals surface area contributed by atoms with E-state index in [2.05, 4.69) is 27.9 Å². The average molecular weight is 475 g/mol. The highest BCUT2D eigenvalue weighted by Crippen LogP contribution is 2.17. The smallest absolute Gasteiger partial charge is 0.349 e. The molecule has 6 nitrogen and oxygen atoms in total. The maximum absolute atomic E-state index is 12.2. The van der Waals surface area contributed by atoms with Crippen molar-refractivity contribution in [3.63, 3.8) is 0 Å². The Labute approximate surface area is 168 Å². The summed E-state index contributed by atoms with van der Waals surface area (Å²) in [4.78, 5) is 36.2. The lowest BCUT2D eigenvalue weighted by Crippen LogP contribution is -2.32. The molecule has 0 atom stereocenters. The minimum absolute atomic E-state index is 0.227. The van der Waals surface area contributed by atoms with E-state index in [0.717, 1.165) is 9.13 Å². The fourth-order valence-electron chi connectivity index (χ4n) is 2.35. The van der Waals surface area contributed by atoms with Gasteiger partial charge in [0.1, 0.15) is 16.9 Å². The van der Waals surface area contributed by atoms with Crippen molar-refractivity contribution in [3.05, 3.63) is 79.7 Å². The summed E-state index contributed by atoms with van der Waals surface area (Å²) in [6.07, 6.45) is 2.76. The van der Waals surface area contributed by atoms with Gasteiger partial charge in [-0.2, -0.15) is 0 Å². The molecule has 3 aromatic rings. The predicted octanol–water partition coefficient (Wildman–Crippen LogP) is 3.38. The summed E-state index contributed by atoms with van der Waals surface area (Å²) in [7, 11) is 1.56. The van der Waals surface area contributed by atoms with Gasteiger partial charge in [-0.3, -0.25) is 14.9 Å². The van der Waals surface area contributed by atoms with Gasteiger partial charge in [-0.1, -0.05) is 18.2 Å². The summed E-state index contributed by atoms with van der Waals surface area (Å²) in [6, 6.07) is 13.7. The molecule has 0 unspecified atom stereocenters. The normalized spacial score (nSPS) is 10.9. The Morgan fingerprint density at radius 3 is 2.56 bits per heavy atom. The second kappa shape index (κ2) is 8.17. The van der Waals surface area contributed by atoms with Gasteiger partial charge in [0.25, 0.3) is 11.8 Å². The average Bonchev–Trinajstić information content (AvgIpc) is 2.66. The van der Waals surface area contributed by atoms with Crippen molar-refractivity contribution in [2.75, 3.05) is 7.11 Å². The zero-order chi connectivity index (χ0) is 19.4. The predicted molar refractivity (Wildman–Crippen MR) is 110 cm³/mol. The van der Waals surface area contributed by atoms with Crippen LogP contribution < -0.4 is 15.7 Å². The molecular formula is C20H14INO5. The molecule has 2 aromatic carbocycles. The second-order valence-electron chi connectivity index (χ2n) is 5.55. The molecule has 0 fully saturated rings. The second-order valence-corrected chi connectivity index (χ2v) is 6.80. The lowest BCUT2D eigenvalue weighted by atomic mass is 10.1. The SMILES string of the molecule is COc1ccc(/C=C\C(=O)NC(=O)c2cc3ccc(I)cc3oc2=O)cc1. The molecule has 0 aliphatic heterocycles. The molecule has 0 saturated heterocycles. The minimum atomic E-state index is -0.811. The Morgan fingerprint density at radius 1 is 1.11 bits per heavy atom. The van der Waals surface area contributed by atoms with Gasteiger partial charge >= 0.3 is 5.63 Å². The third kappa shape index (κ3) is 4.62. The number of hydrogen-bond acceptors (Lipinski definition) is 5. The van der Waals surface area contributed by atoms with Crippen molar-refractivity contribution < 1.29 is 18.7 Å². The molecule has 1 N–H and O–H groups in total. The van der Waals surface area contributed by atoms with Crippen molar-refractivity contribution in [1.29, 1.82) is 0 Å². The van der Waals surface area contributed by atoms with Crippen LogP contribution in [0.4, 0.5) is 0 Å². The van der Waals surface area contributed by atoms with Gasteiger partial charge < -0.3 is 9.15 Å². The molecule has 1 heterocycles. The molecule has 0 aliphatic carbocycles. The van der Waals surface area contributed by atoms with Gasteiger partial charge in [0.15, 0.2) is 0 Å². The summed E-state index contributed by atoms with van der Waals surface area (Å²) in [5.74, 6) is -0.754. The van der Waals surface area contributed by atoms with Gasteiger partial charge in [0.05, 0.1) is 7.11 Å². The van der Waals surface area contributed by atoms with Crippen LogP contribution in [0.5, 0.6) is 5.75 Å². The number of carbonyl (C=O) groups excluding carboxylic acids is 2. The van der Waals surface area contributed by atoms with E-state index >= 15 is 0 Å². The summed E-state index contributed by atoms with van der Waals surface area (Å²) >= 11 is 2.09. The van der Waals surface area contributed by atoms with Crippen LogP contribution in [0.25, 0.3) is 17.0 Å². The summed E-state index contributed by atoms with van der Waals surface area (Å²) < 4.78 is 11.1. The van der Waals surface area contributed by atoms with Crippen LogP contribution >= 0.6 is 22.6 Å². The Bertz CT molecular complexity index is 1100. The fourth-order valence-corrected chi connectivity index (χ4v) is 2.81. The van der Waals surface area contributed by atoms with Gasteiger partial charge in [0, 0.05) is 15.0 Å². The molecule has 1 aromatic heterocycles. The van der Waals surface area contributed by atoms with E-state index < -0.39 is 17.4 Å². The highest BCUT2D eigenvalue weighted by Gasteiger charge is 2.15. The monoisotopic (exact) mass is 475 g/mol. The molecule has 3 rings (SSSR count). The third-order valence-corrected chi connectivity index (χ3v) is 4.39. The van der Waals surface area contributed by atoms with Gasteiger partial charge in [-0.25, -0.2) is 4.79 Å². The molecule has 0 saturated carbocycles. The van der Waals surface area contributed by atoms with Crippen LogP contribution in [0.15, 0.2) is 63.8 Å². The number of benzene rings is 2. The van der Waals surface area contributed by atoms with E-state index in [4.69, 9.17) is 9.15 Å². The molecule has 0 aliphatic rings. The quantitative estimate of drug-likeness (QED) is 0.356. The molecule has 136 valence electrons. The fraction of sp³-hybridized carbons (Fsp3) is 0.0500. The highest BCUT2D eigenvalue weighted by molar-refractivity contribution is 14.1. The summed E-state index contributed by atoms with van der Waals surface area (Å²) in [5.41, 5.74) is 0.122. The number of halogens is 1. The van der Waals surface area contributed by atoms with E-state index in [1.165, 1.54) is 12.1 Å². The third-order valence-electron chi connectivity index (χ3n) is 3.72. The Morgan fingerprint density at radius 2 is 1.85 bits per heavy atom. The number of fused-ring (bicyclic) bond motifs is 1. The van der Waals surface area contributed by atoms with Crippen LogP contribution in [0.2, 0.25) is 0 Å². The maximum atomic E-state index is 12.2. The highest BCUT2D eigenvalue weighted by atomic mass is 127. The van der Waals surface area contributed by atoms with Crippen LogP contribution in [0, 0.1) is 3.57 Å². The van der Waals surface area contributed by atoms with Crippen LogP contribution in [-0.4, -0.2) is 18.9 Å². The number of rotatable bonds is 4. The van der Waals surface area contributed by atoms with Gasteiger partial charge in [-0.15, -0.1) is 0 Å². The van der Waals surface area contributed by atoms with E-state index in [0.29, 0.717) is 16.7 Å². The van der Waals surface area contributed by atoms with E-state index in [1.807, 2.05) is 6.07 Å². The molecule has 2 amide bonds.